The van der Waals surface area contributed by atoms with Crippen molar-refractivity contribution in [1.29, 1.82) is 0 Å². The van der Waals surface area contributed by atoms with Crippen LogP contribution in [0, 0.1) is 6.58 Å². The molecule has 0 saturated carbocycles. The standard InChI is InChI=1S/C8H7O/c1-7-3-2-4-8(5-7)6-9/h1-2,4-6H,3H2/q+1. The molecule has 0 N–H and O–H groups in total. The van der Waals surface area contributed by atoms with E-state index in [2.05, 4.69) is 0 Å². The Morgan fingerprint density at radius 2 is 2.44 bits per heavy atom. The second-order valence-electron chi connectivity index (χ2n) is 1.94. The van der Waals surface area contributed by atoms with E-state index in [4.69, 9.17) is 6.58 Å². The predicted molar refractivity (Wildman–Crippen MR) is 35.7 cm³/mol. The van der Waals surface area contributed by atoms with Gasteiger partial charge in [-0.15, -0.1) is 0 Å². The van der Waals surface area contributed by atoms with E-state index in [0.29, 0.717) is 5.57 Å². The van der Waals surface area contributed by atoms with E-state index in [9.17, 15) is 4.79 Å². The van der Waals surface area contributed by atoms with Crippen LogP contribution >= 0.6 is 0 Å². The van der Waals surface area contributed by atoms with Crippen molar-refractivity contribution < 1.29 is 4.79 Å². The summed E-state index contributed by atoms with van der Waals surface area (Å²) < 4.78 is 0. The summed E-state index contributed by atoms with van der Waals surface area (Å²) in [7, 11) is 0. The Morgan fingerprint density at radius 1 is 1.67 bits per heavy atom. The first-order valence-corrected chi connectivity index (χ1v) is 2.77. The molecule has 1 aliphatic rings. The predicted octanol–water partition coefficient (Wildman–Crippen LogP) is 1.43. The van der Waals surface area contributed by atoms with E-state index in [-0.39, 0.29) is 0 Å². The third kappa shape index (κ3) is 1.34. The molecule has 0 aliphatic heterocycles. The zero-order valence-electron chi connectivity index (χ0n) is 5.00. The highest BCUT2D eigenvalue weighted by atomic mass is 16.1. The third-order valence-corrected chi connectivity index (χ3v) is 1.15. The first-order valence-electron chi connectivity index (χ1n) is 2.77. The molecule has 0 bridgehead atoms. The van der Waals surface area contributed by atoms with Crippen LogP contribution in [0.25, 0.3) is 0 Å². The van der Waals surface area contributed by atoms with Crippen LogP contribution in [0.5, 0.6) is 0 Å². The molecule has 44 valence electrons. The van der Waals surface area contributed by atoms with Gasteiger partial charge in [-0.2, -0.15) is 0 Å². The number of carbonyl (C=O) groups excluding carboxylic acids is 1. The van der Waals surface area contributed by atoms with E-state index >= 15 is 0 Å². The highest BCUT2D eigenvalue weighted by Gasteiger charge is 2.05. The van der Waals surface area contributed by atoms with E-state index in [1.165, 1.54) is 0 Å². The lowest BCUT2D eigenvalue weighted by Crippen LogP contribution is -1.86. The molecule has 0 spiro atoms. The van der Waals surface area contributed by atoms with E-state index in [1.807, 2.05) is 6.08 Å². The largest absolute Gasteiger partial charge is 0.296 e. The van der Waals surface area contributed by atoms with E-state index in [1.54, 1.807) is 12.2 Å². The fourth-order valence-corrected chi connectivity index (χ4v) is 0.726. The molecule has 0 aromatic carbocycles. The zero-order valence-corrected chi connectivity index (χ0v) is 5.00. The molecule has 1 rings (SSSR count). The first-order chi connectivity index (χ1) is 4.33. The maximum absolute atomic E-state index is 10.1. The van der Waals surface area contributed by atoms with Gasteiger partial charge in [-0.05, 0) is 6.08 Å². The molecular formula is C8H7O+. The van der Waals surface area contributed by atoms with Crippen LogP contribution in [-0.4, -0.2) is 6.29 Å². The first kappa shape index (κ1) is 5.93. The molecule has 9 heavy (non-hydrogen) atoms. The number of aldehydes is 1. The molecule has 1 aliphatic carbocycles. The molecule has 0 fully saturated rings. The fourth-order valence-electron chi connectivity index (χ4n) is 0.726. The second kappa shape index (κ2) is 2.38. The summed E-state index contributed by atoms with van der Waals surface area (Å²) >= 11 is 0. The Morgan fingerprint density at radius 3 is 2.89 bits per heavy atom. The minimum absolute atomic E-state index is 0.652. The number of hydrogen-bond acceptors (Lipinski definition) is 1. The van der Waals surface area contributed by atoms with Crippen LogP contribution in [-0.2, 0) is 4.79 Å². The van der Waals surface area contributed by atoms with Crippen LogP contribution in [0.2, 0.25) is 0 Å². The Bertz CT molecular complexity index is 197. The van der Waals surface area contributed by atoms with Crippen molar-refractivity contribution in [3.8, 4) is 0 Å². The summed E-state index contributed by atoms with van der Waals surface area (Å²) in [6.45, 7) is 5.43. The summed E-state index contributed by atoms with van der Waals surface area (Å²) in [5.41, 5.74) is 1.40. The number of hydrogen-bond donors (Lipinski definition) is 0. The van der Waals surface area contributed by atoms with Crippen molar-refractivity contribution in [3.63, 3.8) is 0 Å². The summed E-state index contributed by atoms with van der Waals surface area (Å²) in [5, 5.41) is 0. The number of allylic oxidation sites excluding steroid dienone is 5. The molecule has 0 radical (unpaired) electrons. The van der Waals surface area contributed by atoms with E-state index < -0.39 is 0 Å². The number of carbonyl (C=O) groups is 1. The smallest absolute Gasteiger partial charge is 0.170 e. The van der Waals surface area contributed by atoms with Gasteiger partial charge < -0.3 is 0 Å². The molecule has 0 atom stereocenters. The van der Waals surface area contributed by atoms with E-state index in [0.717, 1.165) is 18.3 Å². The van der Waals surface area contributed by atoms with Crippen LogP contribution in [0.4, 0.5) is 0 Å². The highest BCUT2D eigenvalue weighted by molar-refractivity contribution is 5.79. The molecule has 0 saturated heterocycles. The minimum atomic E-state index is 0.652. The lowest BCUT2D eigenvalue weighted by atomic mass is 10.0. The van der Waals surface area contributed by atoms with Gasteiger partial charge in [0.15, 0.2) is 11.9 Å². The number of rotatable bonds is 1. The van der Waals surface area contributed by atoms with Gasteiger partial charge in [-0.3, -0.25) is 4.79 Å². The fraction of sp³-hybridized carbons (Fsp3) is 0.125. The van der Waals surface area contributed by atoms with Crippen LogP contribution in [0.1, 0.15) is 6.42 Å². The van der Waals surface area contributed by atoms with Crippen molar-refractivity contribution in [2.75, 3.05) is 0 Å². The van der Waals surface area contributed by atoms with Crippen LogP contribution < -0.4 is 0 Å². The monoisotopic (exact) mass is 119 g/mol. The molecule has 0 aromatic heterocycles. The average molecular weight is 119 g/mol. The minimum Gasteiger partial charge on any atom is -0.296 e. The summed E-state index contributed by atoms with van der Waals surface area (Å²) in [5.74, 6) is 0. The summed E-state index contributed by atoms with van der Waals surface area (Å²) in [6.07, 6.45) is 6.88. The van der Waals surface area contributed by atoms with Crippen molar-refractivity contribution in [1.82, 2.24) is 0 Å². The van der Waals surface area contributed by atoms with Crippen molar-refractivity contribution >= 4 is 6.29 Å². The lowest BCUT2D eigenvalue weighted by Gasteiger charge is -1.91. The van der Waals surface area contributed by atoms with Gasteiger partial charge >= 0.3 is 0 Å². The quantitative estimate of drug-likeness (QED) is 0.377. The Hall–Kier alpha value is -1.20. The van der Waals surface area contributed by atoms with Crippen molar-refractivity contribution in [2.24, 2.45) is 0 Å². The lowest BCUT2D eigenvalue weighted by molar-refractivity contribution is -0.104. The van der Waals surface area contributed by atoms with Gasteiger partial charge in [0.2, 0.25) is 0 Å². The second-order valence-corrected chi connectivity index (χ2v) is 1.94. The Kier molecular flexibility index (Phi) is 1.57. The average Bonchev–Trinajstić information content (AvgIpc) is 1.88. The summed E-state index contributed by atoms with van der Waals surface area (Å²) in [6, 6.07) is 0. The maximum atomic E-state index is 10.1. The van der Waals surface area contributed by atoms with Gasteiger partial charge in [0.25, 0.3) is 0 Å². The molecule has 0 aromatic rings. The summed E-state index contributed by atoms with van der Waals surface area (Å²) in [4.78, 5) is 10.1. The topological polar surface area (TPSA) is 17.1 Å². The van der Waals surface area contributed by atoms with Gasteiger partial charge in [-0.25, -0.2) is 0 Å². The normalized spacial score (nSPS) is 17.2. The zero-order chi connectivity index (χ0) is 6.69. The Balaban J connectivity index is 2.82. The van der Waals surface area contributed by atoms with Gasteiger partial charge in [0, 0.05) is 6.42 Å². The molecule has 1 nitrogen and oxygen atoms in total. The molecular weight excluding hydrogens is 112 g/mol. The highest BCUT2D eigenvalue weighted by Crippen LogP contribution is 2.11. The third-order valence-electron chi connectivity index (χ3n) is 1.15. The van der Waals surface area contributed by atoms with Gasteiger partial charge in [-0.1, -0.05) is 6.08 Å². The maximum Gasteiger partial charge on any atom is 0.170 e. The van der Waals surface area contributed by atoms with Crippen LogP contribution in [0.15, 0.2) is 29.4 Å². The van der Waals surface area contributed by atoms with Crippen LogP contribution in [0.3, 0.4) is 0 Å². The SMILES string of the molecule is [CH+]=C1C=C(C=O)C=CC1. The molecule has 1 heteroatoms. The molecule has 0 heterocycles. The molecule has 0 amide bonds. The van der Waals surface area contributed by atoms with Gasteiger partial charge in [0.1, 0.15) is 0 Å². The van der Waals surface area contributed by atoms with Crippen molar-refractivity contribution in [2.45, 2.75) is 6.42 Å². The van der Waals surface area contributed by atoms with Gasteiger partial charge in [0.05, 0.1) is 18.2 Å². The van der Waals surface area contributed by atoms with Crippen molar-refractivity contribution in [3.05, 3.63) is 36.0 Å². The Labute approximate surface area is 54.4 Å². The molecule has 0 unspecified atom stereocenters.